The zero-order valence-corrected chi connectivity index (χ0v) is 3.90. The molecule has 1 aliphatic heterocycles. The Kier molecular flexibility index (Phi) is 0.997. The molecule has 4 heteroatoms. The van der Waals surface area contributed by atoms with Gasteiger partial charge < -0.3 is 5.11 Å². The van der Waals surface area contributed by atoms with E-state index in [0.717, 1.165) is 12.4 Å². The van der Waals surface area contributed by atoms with Crippen LogP contribution in [0.5, 0.6) is 0 Å². The lowest BCUT2D eigenvalue weighted by molar-refractivity contribution is -0.115. The van der Waals surface area contributed by atoms with Crippen LogP contribution < -0.4 is 5.32 Å². The highest BCUT2D eigenvalue weighted by Crippen LogP contribution is 1.91. The second kappa shape index (κ2) is 1.65. The second-order valence-corrected chi connectivity index (χ2v) is 1.21. The van der Waals surface area contributed by atoms with Gasteiger partial charge in [-0.25, -0.2) is 4.99 Å². The van der Waals surface area contributed by atoms with Gasteiger partial charge in [0, 0.05) is 0 Å². The SMILES string of the molecule is O=C1C=C(O)N=C[N]1. The number of hydrogen-bond acceptors (Lipinski definition) is 3. The standard InChI is InChI=1S/C4H3N2O2/c7-3-1-4(8)6-2-5-3/h1-2,7H. The van der Waals surface area contributed by atoms with Crippen LogP contribution in [0.15, 0.2) is 17.0 Å². The molecule has 0 unspecified atom stereocenters. The van der Waals surface area contributed by atoms with Crippen molar-refractivity contribution in [1.82, 2.24) is 5.32 Å². The van der Waals surface area contributed by atoms with Crippen LogP contribution in [0.1, 0.15) is 0 Å². The molecular weight excluding hydrogens is 108 g/mol. The zero-order valence-electron chi connectivity index (χ0n) is 3.90. The van der Waals surface area contributed by atoms with Gasteiger partial charge in [-0.15, -0.1) is 0 Å². The van der Waals surface area contributed by atoms with E-state index in [9.17, 15) is 4.79 Å². The molecule has 0 aliphatic carbocycles. The van der Waals surface area contributed by atoms with Crippen LogP contribution in [0.2, 0.25) is 0 Å². The van der Waals surface area contributed by atoms with Crippen LogP contribution in [0.3, 0.4) is 0 Å². The average molecular weight is 111 g/mol. The Morgan fingerprint density at radius 1 is 1.62 bits per heavy atom. The van der Waals surface area contributed by atoms with Crippen molar-refractivity contribution in [2.24, 2.45) is 4.99 Å². The topological polar surface area (TPSA) is 63.8 Å². The van der Waals surface area contributed by atoms with E-state index in [2.05, 4.69) is 10.3 Å². The van der Waals surface area contributed by atoms with E-state index in [4.69, 9.17) is 5.11 Å². The lowest BCUT2D eigenvalue weighted by atomic mass is 10.5. The minimum absolute atomic E-state index is 0.287. The Morgan fingerprint density at radius 3 is 2.75 bits per heavy atom. The molecule has 0 saturated heterocycles. The quantitative estimate of drug-likeness (QED) is 0.460. The summed E-state index contributed by atoms with van der Waals surface area (Å²) in [4.78, 5) is 13.5. The van der Waals surface area contributed by atoms with E-state index >= 15 is 0 Å². The van der Waals surface area contributed by atoms with E-state index in [1.807, 2.05) is 0 Å². The van der Waals surface area contributed by atoms with Crippen molar-refractivity contribution in [3.8, 4) is 0 Å². The normalized spacial score (nSPS) is 17.5. The first kappa shape index (κ1) is 4.83. The zero-order chi connectivity index (χ0) is 5.98. The molecule has 1 amide bonds. The smallest absolute Gasteiger partial charge is 0.276 e. The van der Waals surface area contributed by atoms with Gasteiger partial charge in [-0.3, -0.25) is 4.79 Å². The number of rotatable bonds is 0. The van der Waals surface area contributed by atoms with Gasteiger partial charge >= 0.3 is 0 Å². The first-order valence-electron chi connectivity index (χ1n) is 1.97. The number of nitrogens with zero attached hydrogens (tertiary/aromatic N) is 2. The minimum Gasteiger partial charge on any atom is -0.493 e. The van der Waals surface area contributed by atoms with Crippen molar-refractivity contribution >= 4 is 12.2 Å². The fourth-order valence-corrected chi connectivity index (χ4v) is 0.330. The van der Waals surface area contributed by atoms with Crippen molar-refractivity contribution in [2.75, 3.05) is 0 Å². The van der Waals surface area contributed by atoms with Gasteiger partial charge in [-0.2, -0.15) is 5.32 Å². The fraction of sp³-hybridized carbons (Fsp3) is 0. The molecule has 0 saturated carbocycles. The highest BCUT2D eigenvalue weighted by molar-refractivity contribution is 5.97. The predicted molar refractivity (Wildman–Crippen MR) is 26.3 cm³/mol. The maximum atomic E-state index is 10.2. The summed E-state index contributed by atoms with van der Waals surface area (Å²) in [7, 11) is 0. The highest BCUT2D eigenvalue weighted by atomic mass is 16.3. The molecule has 1 aliphatic rings. The maximum absolute atomic E-state index is 10.2. The number of aliphatic hydroxyl groups excluding tert-OH is 1. The number of hydrogen-bond donors (Lipinski definition) is 1. The van der Waals surface area contributed by atoms with Gasteiger partial charge in [0.05, 0.1) is 6.08 Å². The third-order valence-electron chi connectivity index (χ3n) is 0.628. The number of carbonyl (C=O) groups excluding carboxylic acids is 1. The number of amides is 1. The summed E-state index contributed by atoms with van der Waals surface area (Å²) in [5.41, 5.74) is 0. The molecule has 1 radical (unpaired) electrons. The summed E-state index contributed by atoms with van der Waals surface area (Å²) >= 11 is 0. The maximum Gasteiger partial charge on any atom is 0.276 e. The Hall–Kier alpha value is -1.32. The molecule has 0 aromatic carbocycles. The molecular formula is C4H3N2O2. The van der Waals surface area contributed by atoms with E-state index in [1.54, 1.807) is 0 Å². The predicted octanol–water partition coefficient (Wildman–Crippen LogP) is -0.441. The van der Waals surface area contributed by atoms with Crippen LogP contribution >= 0.6 is 0 Å². The molecule has 8 heavy (non-hydrogen) atoms. The molecule has 1 N–H and O–H groups in total. The first-order valence-corrected chi connectivity index (χ1v) is 1.97. The van der Waals surface area contributed by atoms with Crippen molar-refractivity contribution < 1.29 is 9.90 Å². The molecule has 0 aromatic heterocycles. The molecule has 1 rings (SSSR count). The van der Waals surface area contributed by atoms with Gasteiger partial charge in [-0.1, -0.05) is 0 Å². The number of carbonyl (C=O) groups is 1. The minimum atomic E-state index is -0.475. The third kappa shape index (κ3) is 0.841. The van der Waals surface area contributed by atoms with Crippen LogP contribution in [-0.4, -0.2) is 17.4 Å². The van der Waals surface area contributed by atoms with Gasteiger partial charge in [0.25, 0.3) is 5.91 Å². The molecule has 0 aromatic rings. The summed E-state index contributed by atoms with van der Waals surface area (Å²) in [5, 5.41) is 11.7. The van der Waals surface area contributed by atoms with Gasteiger partial charge in [0.2, 0.25) is 5.88 Å². The van der Waals surface area contributed by atoms with Crippen LogP contribution in [0, 0.1) is 0 Å². The fourth-order valence-electron chi connectivity index (χ4n) is 0.330. The van der Waals surface area contributed by atoms with Crippen LogP contribution in [-0.2, 0) is 4.79 Å². The van der Waals surface area contributed by atoms with E-state index in [1.165, 1.54) is 0 Å². The molecule has 0 atom stereocenters. The Labute approximate surface area is 45.5 Å². The van der Waals surface area contributed by atoms with Crippen LogP contribution in [0.4, 0.5) is 0 Å². The number of aliphatic imine (C=N–C) groups is 1. The number of aliphatic hydroxyl groups is 1. The van der Waals surface area contributed by atoms with E-state index in [-0.39, 0.29) is 5.88 Å². The molecule has 0 spiro atoms. The van der Waals surface area contributed by atoms with Gasteiger partial charge in [0.1, 0.15) is 6.34 Å². The molecule has 0 fully saturated rings. The second-order valence-electron chi connectivity index (χ2n) is 1.21. The summed E-state index contributed by atoms with van der Waals surface area (Å²) in [6.07, 6.45) is 1.96. The average Bonchev–Trinajstić information content (AvgIpc) is 1.64. The van der Waals surface area contributed by atoms with Crippen molar-refractivity contribution in [1.29, 1.82) is 0 Å². The summed E-state index contributed by atoms with van der Waals surface area (Å²) in [5.74, 6) is -0.762. The molecule has 1 heterocycles. The summed E-state index contributed by atoms with van der Waals surface area (Å²) in [6.45, 7) is 0. The van der Waals surface area contributed by atoms with Crippen molar-refractivity contribution in [2.45, 2.75) is 0 Å². The van der Waals surface area contributed by atoms with E-state index < -0.39 is 5.91 Å². The lowest BCUT2D eigenvalue weighted by Gasteiger charge is -1.94. The van der Waals surface area contributed by atoms with Gasteiger partial charge in [0.15, 0.2) is 0 Å². The van der Waals surface area contributed by atoms with Crippen molar-refractivity contribution in [3.05, 3.63) is 12.0 Å². The summed E-state index contributed by atoms with van der Waals surface area (Å²) < 4.78 is 0. The van der Waals surface area contributed by atoms with Crippen molar-refractivity contribution in [3.63, 3.8) is 0 Å². The van der Waals surface area contributed by atoms with Crippen LogP contribution in [0.25, 0.3) is 0 Å². The van der Waals surface area contributed by atoms with Gasteiger partial charge in [-0.05, 0) is 0 Å². The largest absolute Gasteiger partial charge is 0.493 e. The summed E-state index contributed by atoms with van der Waals surface area (Å²) in [6, 6.07) is 0. The molecule has 41 valence electrons. The lowest BCUT2D eigenvalue weighted by Crippen LogP contribution is -2.14. The van der Waals surface area contributed by atoms with E-state index in [0.29, 0.717) is 0 Å². The third-order valence-corrected chi connectivity index (χ3v) is 0.628. The molecule has 4 nitrogen and oxygen atoms in total. The Bertz CT molecular complexity index is 171. The first-order chi connectivity index (χ1) is 3.79. The highest BCUT2D eigenvalue weighted by Gasteiger charge is 2.02. The molecule has 0 bridgehead atoms. The Balaban J connectivity index is 2.77. The monoisotopic (exact) mass is 111 g/mol. The Morgan fingerprint density at radius 2 is 2.38 bits per heavy atom.